The van der Waals surface area contributed by atoms with Gasteiger partial charge in [0.2, 0.25) is 5.91 Å². The number of carboxylic acids is 1. The van der Waals surface area contributed by atoms with E-state index in [1.807, 2.05) is 0 Å². The molecule has 0 bridgehead atoms. The first-order valence-corrected chi connectivity index (χ1v) is 5.77. The Morgan fingerprint density at radius 3 is 2.50 bits per heavy atom. The van der Waals surface area contributed by atoms with E-state index in [1.54, 1.807) is 0 Å². The molecule has 1 aliphatic rings. The molecule has 0 aromatic carbocycles. The highest BCUT2D eigenvalue weighted by atomic mass is 16.4. The van der Waals surface area contributed by atoms with E-state index in [4.69, 9.17) is 11.5 Å². The molecule has 6 nitrogen and oxygen atoms in total. The topological polar surface area (TPSA) is 86.7 Å². The maximum absolute atomic E-state index is 11.7. The fourth-order valence-corrected chi connectivity index (χ4v) is 1.42. The summed E-state index contributed by atoms with van der Waals surface area (Å²) in [6.07, 6.45) is 6.79. The quantitative estimate of drug-likeness (QED) is 0.671. The molecule has 2 N–H and O–H groups in total. The van der Waals surface area contributed by atoms with Crippen LogP contribution in [0.5, 0.6) is 0 Å². The lowest BCUT2D eigenvalue weighted by atomic mass is 10.3. The first-order valence-electron chi connectivity index (χ1n) is 5.77. The molecule has 1 saturated carbocycles. The number of amides is 3. The number of rotatable bonds is 6. The Morgan fingerprint density at radius 1 is 1.33 bits per heavy atom. The minimum absolute atomic E-state index is 0.147. The van der Waals surface area contributed by atoms with Crippen LogP contribution in [0.2, 0.25) is 0 Å². The molecule has 18 heavy (non-hydrogen) atoms. The monoisotopic (exact) mass is 252 g/mol. The van der Waals surface area contributed by atoms with Crippen LogP contribution in [0.15, 0.2) is 0 Å². The second-order valence-corrected chi connectivity index (χ2v) is 4.28. The summed E-state index contributed by atoms with van der Waals surface area (Å²) in [5, 5.41) is 10.6. The van der Waals surface area contributed by atoms with Gasteiger partial charge in [0.1, 0.15) is 0 Å². The number of hydrogen-bond acceptors (Lipinski definition) is 3. The van der Waals surface area contributed by atoms with Gasteiger partial charge in [-0.1, -0.05) is 5.92 Å². The highest BCUT2D eigenvalue weighted by molar-refractivity contribution is 5.95. The van der Waals surface area contributed by atoms with E-state index in [2.05, 4.69) is 11.2 Å². The molecule has 98 valence electrons. The van der Waals surface area contributed by atoms with E-state index >= 15 is 0 Å². The van der Waals surface area contributed by atoms with Crippen molar-refractivity contribution in [1.82, 2.24) is 10.2 Å². The third kappa shape index (κ3) is 5.34. The van der Waals surface area contributed by atoms with Crippen LogP contribution in [-0.4, -0.2) is 41.0 Å². The van der Waals surface area contributed by atoms with Gasteiger partial charge in [0, 0.05) is 13.0 Å². The van der Waals surface area contributed by atoms with Gasteiger partial charge in [-0.05, 0) is 18.8 Å². The molecule has 0 atom stereocenters. The van der Waals surface area contributed by atoms with Gasteiger partial charge >= 0.3 is 12.0 Å². The van der Waals surface area contributed by atoms with Gasteiger partial charge < -0.3 is 10.0 Å². The summed E-state index contributed by atoms with van der Waals surface area (Å²) in [6.45, 7) is 0.691. The number of carbonyl (C=O) groups is 3. The summed E-state index contributed by atoms with van der Waals surface area (Å²) in [7, 11) is 0. The summed E-state index contributed by atoms with van der Waals surface area (Å²) < 4.78 is 0. The molecule has 1 fully saturated rings. The summed E-state index contributed by atoms with van der Waals surface area (Å²) >= 11 is 0. The Hall–Kier alpha value is -2.03. The first-order chi connectivity index (χ1) is 8.52. The highest BCUT2D eigenvalue weighted by Crippen LogP contribution is 2.29. The minimum atomic E-state index is -1.07. The van der Waals surface area contributed by atoms with Crippen molar-refractivity contribution in [1.29, 1.82) is 0 Å². The van der Waals surface area contributed by atoms with Gasteiger partial charge in [-0.25, -0.2) is 4.79 Å². The fourth-order valence-electron chi connectivity index (χ4n) is 1.42. The number of terminal acetylenes is 1. The Labute approximate surface area is 105 Å². The number of aliphatic carboxylic acids is 1. The summed E-state index contributed by atoms with van der Waals surface area (Å²) in [4.78, 5) is 34.7. The molecule has 0 aliphatic heterocycles. The molecule has 6 heteroatoms. The molecule has 0 radical (unpaired) electrons. The molecule has 0 spiro atoms. The zero-order valence-electron chi connectivity index (χ0n) is 10.0. The molecule has 0 saturated heterocycles. The molecule has 0 aromatic heterocycles. The normalized spacial score (nSPS) is 13.5. The fraction of sp³-hybridized carbons (Fsp3) is 0.583. The van der Waals surface area contributed by atoms with E-state index in [0.29, 0.717) is 12.5 Å². The molecule has 3 amide bonds. The molecule has 1 aliphatic carbocycles. The first kappa shape index (κ1) is 14.0. The van der Waals surface area contributed by atoms with Gasteiger partial charge in [0.05, 0.1) is 13.0 Å². The lowest BCUT2D eigenvalue weighted by Crippen LogP contribution is -2.44. The number of hydrogen-bond donors (Lipinski definition) is 2. The van der Waals surface area contributed by atoms with Crippen LogP contribution < -0.4 is 5.32 Å². The van der Waals surface area contributed by atoms with Gasteiger partial charge in [0.25, 0.3) is 0 Å². The Morgan fingerprint density at radius 2 is 2.00 bits per heavy atom. The van der Waals surface area contributed by atoms with Gasteiger partial charge in [0.15, 0.2) is 0 Å². The predicted molar refractivity (Wildman–Crippen MR) is 63.5 cm³/mol. The number of nitrogens with one attached hydrogen (secondary N) is 1. The van der Waals surface area contributed by atoms with Crippen molar-refractivity contribution in [3.05, 3.63) is 0 Å². The van der Waals surface area contributed by atoms with Gasteiger partial charge in [-0.2, -0.15) is 0 Å². The SMILES string of the molecule is C#CCN(CC1CC1)C(=O)NC(=O)CCC(=O)O. The van der Waals surface area contributed by atoms with Crippen molar-refractivity contribution in [2.24, 2.45) is 5.92 Å². The van der Waals surface area contributed by atoms with Crippen molar-refractivity contribution in [2.75, 3.05) is 13.1 Å². The van der Waals surface area contributed by atoms with Crippen molar-refractivity contribution >= 4 is 17.9 Å². The Kier molecular flexibility index (Phi) is 5.18. The smallest absolute Gasteiger partial charge is 0.324 e. The maximum Gasteiger partial charge on any atom is 0.324 e. The van der Waals surface area contributed by atoms with Crippen molar-refractivity contribution in [3.63, 3.8) is 0 Å². The Bertz CT molecular complexity index is 382. The van der Waals surface area contributed by atoms with Crippen LogP contribution >= 0.6 is 0 Å². The zero-order chi connectivity index (χ0) is 13.5. The lowest BCUT2D eigenvalue weighted by Gasteiger charge is -2.19. The maximum atomic E-state index is 11.7. The largest absolute Gasteiger partial charge is 0.481 e. The van der Waals surface area contributed by atoms with Crippen LogP contribution in [0.3, 0.4) is 0 Å². The average Bonchev–Trinajstić information content (AvgIpc) is 3.09. The standard InChI is InChI=1S/C12H16N2O4/c1-2-7-14(8-9-3-4-9)12(18)13-10(15)5-6-11(16)17/h1,9H,3-8H2,(H,16,17)(H,13,15,18). The van der Waals surface area contributed by atoms with Crippen LogP contribution in [0, 0.1) is 18.3 Å². The second kappa shape index (κ2) is 6.64. The molecule has 0 aromatic rings. The van der Waals surface area contributed by atoms with Crippen LogP contribution in [0.4, 0.5) is 4.79 Å². The van der Waals surface area contributed by atoms with Crippen LogP contribution in [-0.2, 0) is 9.59 Å². The number of carboxylic acid groups (broad SMARTS) is 1. The molecular formula is C12H16N2O4. The van der Waals surface area contributed by atoms with Crippen LogP contribution in [0.1, 0.15) is 25.7 Å². The Balaban J connectivity index is 2.37. The van der Waals surface area contributed by atoms with E-state index < -0.39 is 17.9 Å². The minimum Gasteiger partial charge on any atom is -0.481 e. The summed E-state index contributed by atoms with van der Waals surface area (Å²) in [5.74, 6) is 1.17. The van der Waals surface area contributed by atoms with Gasteiger partial charge in [-0.3, -0.25) is 14.9 Å². The molecule has 1 rings (SSSR count). The molecule has 0 unspecified atom stereocenters. The van der Waals surface area contributed by atoms with Gasteiger partial charge in [-0.15, -0.1) is 6.42 Å². The number of urea groups is 1. The number of carbonyl (C=O) groups excluding carboxylic acids is 2. The predicted octanol–water partition coefficient (Wildman–Crippen LogP) is 0.433. The molecular weight excluding hydrogens is 236 g/mol. The third-order valence-electron chi connectivity index (χ3n) is 2.56. The van der Waals surface area contributed by atoms with E-state index in [-0.39, 0.29) is 19.4 Å². The average molecular weight is 252 g/mol. The van der Waals surface area contributed by atoms with E-state index in [9.17, 15) is 14.4 Å². The van der Waals surface area contributed by atoms with Crippen molar-refractivity contribution < 1.29 is 19.5 Å². The summed E-state index contributed by atoms with van der Waals surface area (Å²) in [5.41, 5.74) is 0. The zero-order valence-corrected chi connectivity index (χ0v) is 10.0. The lowest BCUT2D eigenvalue weighted by molar-refractivity contribution is -0.138. The number of imide groups is 1. The van der Waals surface area contributed by atoms with E-state index in [1.165, 1.54) is 4.90 Å². The number of nitrogens with zero attached hydrogens (tertiary/aromatic N) is 1. The van der Waals surface area contributed by atoms with E-state index in [0.717, 1.165) is 12.8 Å². The third-order valence-corrected chi connectivity index (χ3v) is 2.56. The van der Waals surface area contributed by atoms with Crippen LogP contribution in [0.25, 0.3) is 0 Å². The highest BCUT2D eigenvalue weighted by Gasteiger charge is 2.27. The molecule has 0 heterocycles. The summed E-state index contributed by atoms with van der Waals surface area (Å²) in [6, 6.07) is -0.546. The van der Waals surface area contributed by atoms with Crippen molar-refractivity contribution in [3.8, 4) is 12.3 Å². The van der Waals surface area contributed by atoms with Crippen molar-refractivity contribution in [2.45, 2.75) is 25.7 Å². The second-order valence-electron chi connectivity index (χ2n) is 4.28.